The van der Waals surface area contributed by atoms with Crippen LogP contribution in [0.3, 0.4) is 0 Å². The lowest BCUT2D eigenvalue weighted by Crippen LogP contribution is -2.04. The van der Waals surface area contributed by atoms with Crippen molar-refractivity contribution in [3.05, 3.63) is 40.3 Å². The Balaban J connectivity index is 2.58. The van der Waals surface area contributed by atoms with Gasteiger partial charge in [-0.3, -0.25) is 4.79 Å². The lowest BCUT2D eigenvalue weighted by atomic mass is 10.1. The number of rotatable bonds is 2. The fourth-order valence-electron chi connectivity index (χ4n) is 1.53. The maximum absolute atomic E-state index is 11.0. The summed E-state index contributed by atoms with van der Waals surface area (Å²) in [6, 6.07) is 5.99. The number of aromatic amines is 1. The van der Waals surface area contributed by atoms with Crippen LogP contribution in [-0.4, -0.2) is 9.97 Å². The summed E-state index contributed by atoms with van der Waals surface area (Å²) in [6.45, 7) is 2.14. The van der Waals surface area contributed by atoms with Gasteiger partial charge >= 0.3 is 0 Å². The first-order chi connectivity index (χ1) is 6.79. The highest BCUT2D eigenvalue weighted by atomic mass is 16.1. The van der Waals surface area contributed by atoms with Crippen LogP contribution >= 0.6 is 0 Å². The van der Waals surface area contributed by atoms with Gasteiger partial charge in [0, 0.05) is 0 Å². The number of nitrogens with zero attached hydrogens (tertiary/aromatic N) is 1. The van der Waals surface area contributed by atoms with Gasteiger partial charge in [0.1, 0.15) is 0 Å². The Bertz CT molecular complexity index is 502. The maximum atomic E-state index is 11.0. The molecule has 0 bridgehead atoms. The van der Waals surface area contributed by atoms with Gasteiger partial charge in [-0.1, -0.05) is 19.4 Å². The van der Waals surface area contributed by atoms with E-state index in [1.54, 1.807) is 0 Å². The number of benzene rings is 1. The molecule has 2 aromatic rings. The van der Waals surface area contributed by atoms with Crippen LogP contribution in [0.4, 0.5) is 0 Å². The molecular weight excluding hydrogens is 176 g/mol. The highest BCUT2D eigenvalue weighted by Crippen LogP contribution is 2.11. The smallest absolute Gasteiger partial charge is 0.266 e. The molecule has 1 heterocycles. The zero-order chi connectivity index (χ0) is 9.97. The first kappa shape index (κ1) is 8.94. The number of aromatic nitrogens is 2. The van der Waals surface area contributed by atoms with Gasteiger partial charge in [0.25, 0.3) is 5.56 Å². The second-order valence-corrected chi connectivity index (χ2v) is 3.35. The van der Waals surface area contributed by atoms with Gasteiger partial charge in [0.2, 0.25) is 0 Å². The SMILES string of the molecule is CCCc1ccc2ncc(=O)[nH]c2c1. The minimum atomic E-state index is -0.147. The Hall–Kier alpha value is -1.64. The number of fused-ring (bicyclic) bond motifs is 1. The van der Waals surface area contributed by atoms with Crippen molar-refractivity contribution in [3.8, 4) is 0 Å². The highest BCUT2D eigenvalue weighted by Gasteiger charge is 1.97. The zero-order valence-corrected chi connectivity index (χ0v) is 8.08. The van der Waals surface area contributed by atoms with E-state index in [1.807, 2.05) is 12.1 Å². The molecule has 1 N–H and O–H groups in total. The predicted octanol–water partition coefficient (Wildman–Crippen LogP) is 1.88. The van der Waals surface area contributed by atoms with Crippen LogP contribution in [0.5, 0.6) is 0 Å². The second kappa shape index (κ2) is 3.62. The molecule has 0 spiro atoms. The van der Waals surface area contributed by atoms with Crippen molar-refractivity contribution < 1.29 is 0 Å². The number of hydrogen-bond acceptors (Lipinski definition) is 2. The van der Waals surface area contributed by atoms with Crippen molar-refractivity contribution in [1.82, 2.24) is 9.97 Å². The van der Waals surface area contributed by atoms with Crippen molar-refractivity contribution in [1.29, 1.82) is 0 Å². The fourth-order valence-corrected chi connectivity index (χ4v) is 1.53. The van der Waals surface area contributed by atoms with E-state index < -0.39 is 0 Å². The van der Waals surface area contributed by atoms with Gasteiger partial charge in [-0.2, -0.15) is 0 Å². The molecule has 0 radical (unpaired) electrons. The Morgan fingerprint density at radius 3 is 3.07 bits per heavy atom. The minimum Gasteiger partial charge on any atom is -0.319 e. The molecule has 0 atom stereocenters. The summed E-state index contributed by atoms with van der Waals surface area (Å²) in [5.74, 6) is 0. The van der Waals surface area contributed by atoms with Crippen molar-refractivity contribution in [2.24, 2.45) is 0 Å². The molecule has 0 saturated heterocycles. The molecule has 0 fully saturated rings. The molecule has 0 unspecified atom stereocenters. The van der Waals surface area contributed by atoms with Crippen LogP contribution in [0, 0.1) is 0 Å². The molecule has 1 aromatic heterocycles. The lowest BCUT2D eigenvalue weighted by Gasteiger charge is -2.00. The van der Waals surface area contributed by atoms with Crippen LogP contribution in [0.1, 0.15) is 18.9 Å². The van der Waals surface area contributed by atoms with E-state index in [0.29, 0.717) is 0 Å². The second-order valence-electron chi connectivity index (χ2n) is 3.35. The molecule has 2 rings (SSSR count). The van der Waals surface area contributed by atoms with Gasteiger partial charge in [0.05, 0.1) is 17.2 Å². The quantitative estimate of drug-likeness (QED) is 0.782. The largest absolute Gasteiger partial charge is 0.319 e. The summed E-state index contributed by atoms with van der Waals surface area (Å²) in [7, 11) is 0. The van der Waals surface area contributed by atoms with Crippen molar-refractivity contribution in [2.45, 2.75) is 19.8 Å². The molecule has 0 aliphatic rings. The molecule has 0 aliphatic heterocycles. The fraction of sp³-hybridized carbons (Fsp3) is 0.273. The summed E-state index contributed by atoms with van der Waals surface area (Å²) in [6.07, 6.45) is 3.45. The Kier molecular flexibility index (Phi) is 2.31. The van der Waals surface area contributed by atoms with Gasteiger partial charge < -0.3 is 4.98 Å². The molecule has 3 nitrogen and oxygen atoms in total. The van der Waals surface area contributed by atoms with Crippen molar-refractivity contribution >= 4 is 11.0 Å². The summed E-state index contributed by atoms with van der Waals surface area (Å²) in [4.78, 5) is 17.8. The number of aryl methyl sites for hydroxylation is 1. The van der Waals surface area contributed by atoms with E-state index in [4.69, 9.17) is 0 Å². The first-order valence-corrected chi connectivity index (χ1v) is 4.77. The van der Waals surface area contributed by atoms with Crippen molar-refractivity contribution in [3.63, 3.8) is 0 Å². The molecule has 0 saturated carbocycles. The van der Waals surface area contributed by atoms with E-state index >= 15 is 0 Å². The molecule has 3 heteroatoms. The van der Waals surface area contributed by atoms with E-state index in [9.17, 15) is 4.79 Å². The van der Waals surface area contributed by atoms with E-state index in [0.717, 1.165) is 23.9 Å². The Labute approximate surface area is 81.8 Å². The summed E-state index contributed by atoms with van der Waals surface area (Å²) < 4.78 is 0. The van der Waals surface area contributed by atoms with E-state index in [2.05, 4.69) is 23.0 Å². The third-order valence-corrected chi connectivity index (χ3v) is 2.18. The third kappa shape index (κ3) is 1.66. The molecule has 0 amide bonds. The number of nitrogens with one attached hydrogen (secondary N) is 1. The first-order valence-electron chi connectivity index (χ1n) is 4.77. The minimum absolute atomic E-state index is 0.147. The molecule has 1 aromatic carbocycles. The average Bonchev–Trinajstić information content (AvgIpc) is 2.17. The van der Waals surface area contributed by atoms with Gasteiger partial charge in [-0.25, -0.2) is 4.98 Å². The van der Waals surface area contributed by atoms with Gasteiger partial charge in [0.15, 0.2) is 0 Å². The Morgan fingerprint density at radius 2 is 2.29 bits per heavy atom. The van der Waals surface area contributed by atoms with Crippen molar-refractivity contribution in [2.75, 3.05) is 0 Å². The number of H-pyrrole nitrogens is 1. The molecular formula is C11H12N2O. The normalized spacial score (nSPS) is 10.6. The van der Waals surface area contributed by atoms with E-state index in [-0.39, 0.29) is 5.56 Å². The zero-order valence-electron chi connectivity index (χ0n) is 8.08. The third-order valence-electron chi connectivity index (χ3n) is 2.18. The molecule has 72 valence electrons. The van der Waals surface area contributed by atoms with Crippen LogP contribution in [0.25, 0.3) is 11.0 Å². The monoisotopic (exact) mass is 188 g/mol. The van der Waals surface area contributed by atoms with Gasteiger partial charge in [-0.05, 0) is 24.1 Å². The van der Waals surface area contributed by atoms with Crippen LogP contribution < -0.4 is 5.56 Å². The van der Waals surface area contributed by atoms with Crippen LogP contribution in [0.15, 0.2) is 29.2 Å². The Morgan fingerprint density at radius 1 is 1.43 bits per heavy atom. The topological polar surface area (TPSA) is 45.8 Å². The average molecular weight is 188 g/mol. The summed E-state index contributed by atoms with van der Waals surface area (Å²) in [5, 5.41) is 0. The maximum Gasteiger partial charge on any atom is 0.266 e. The lowest BCUT2D eigenvalue weighted by molar-refractivity contribution is 0.922. The number of hydrogen-bond donors (Lipinski definition) is 1. The summed E-state index contributed by atoms with van der Waals surface area (Å²) in [5.41, 5.74) is 2.75. The summed E-state index contributed by atoms with van der Waals surface area (Å²) >= 11 is 0. The van der Waals surface area contributed by atoms with Crippen LogP contribution in [-0.2, 0) is 6.42 Å². The molecule has 0 aliphatic carbocycles. The molecule has 14 heavy (non-hydrogen) atoms. The van der Waals surface area contributed by atoms with Gasteiger partial charge in [-0.15, -0.1) is 0 Å². The van der Waals surface area contributed by atoms with Crippen LogP contribution in [0.2, 0.25) is 0 Å². The highest BCUT2D eigenvalue weighted by molar-refractivity contribution is 5.74. The predicted molar refractivity (Wildman–Crippen MR) is 56.4 cm³/mol. The van der Waals surface area contributed by atoms with E-state index in [1.165, 1.54) is 11.8 Å². The standard InChI is InChI=1S/C11H12N2O/c1-2-3-8-4-5-9-10(6-8)13-11(14)7-12-9/h4-7H,2-3H2,1H3,(H,13,14).